The Labute approximate surface area is 169 Å². The van der Waals surface area contributed by atoms with Crippen LogP contribution < -0.4 is 5.73 Å². The summed E-state index contributed by atoms with van der Waals surface area (Å²) < 4.78 is 18.7. The molecule has 142 valence electrons. The van der Waals surface area contributed by atoms with Gasteiger partial charge in [0.2, 0.25) is 0 Å². The molecule has 0 unspecified atom stereocenters. The van der Waals surface area contributed by atoms with Crippen LogP contribution >= 0.6 is 22.7 Å². The van der Waals surface area contributed by atoms with Crippen LogP contribution in [0.25, 0.3) is 31.1 Å². The lowest BCUT2D eigenvalue weighted by molar-refractivity contribution is 0.0371. The molecule has 0 aliphatic rings. The number of ether oxygens (including phenoxy) is 1. The van der Waals surface area contributed by atoms with Gasteiger partial charge in [0.1, 0.15) is 10.6 Å². The fourth-order valence-electron chi connectivity index (χ4n) is 2.98. The van der Waals surface area contributed by atoms with Gasteiger partial charge in [-0.2, -0.15) is 0 Å². The molecule has 7 heteroatoms. The van der Waals surface area contributed by atoms with Gasteiger partial charge in [-0.25, -0.2) is 14.2 Å². The van der Waals surface area contributed by atoms with Crippen molar-refractivity contribution in [3.8, 4) is 20.9 Å². The Morgan fingerprint density at radius 3 is 2.61 bits per heavy atom. The molecule has 0 saturated carbocycles. The number of fused-ring (bicyclic) bond motifs is 1. The Balaban J connectivity index is 1.96. The van der Waals surface area contributed by atoms with Crippen LogP contribution in [-0.4, -0.2) is 17.1 Å². The first-order valence-corrected chi connectivity index (χ1v) is 10.4. The number of nitrogens with two attached hydrogens (primary N) is 1. The highest BCUT2D eigenvalue weighted by atomic mass is 32.1. The van der Waals surface area contributed by atoms with Gasteiger partial charge >= 0.3 is 5.97 Å². The van der Waals surface area contributed by atoms with Crippen molar-refractivity contribution < 1.29 is 13.9 Å². The lowest BCUT2D eigenvalue weighted by Gasteiger charge is -2.09. The number of pyridine rings is 1. The average Bonchev–Trinajstić information content (AvgIpc) is 3.29. The van der Waals surface area contributed by atoms with Crippen molar-refractivity contribution in [2.75, 3.05) is 5.73 Å². The van der Waals surface area contributed by atoms with Gasteiger partial charge in [-0.05, 0) is 49.1 Å². The minimum atomic E-state index is -0.502. The SMILES string of the molecule is CC(C)OC(=O)c1cc(N)c2c(-c3ccc(F)cc3)c(-c3cccs3)sc2n1. The maximum atomic E-state index is 13.5. The molecule has 4 aromatic rings. The third-order valence-electron chi connectivity index (χ3n) is 4.12. The molecule has 0 bridgehead atoms. The molecule has 0 saturated heterocycles. The zero-order valence-corrected chi connectivity index (χ0v) is 16.9. The topological polar surface area (TPSA) is 65.2 Å². The highest BCUT2D eigenvalue weighted by Gasteiger charge is 2.22. The fraction of sp³-hybridized carbons (Fsp3) is 0.143. The fourth-order valence-corrected chi connectivity index (χ4v) is 5.07. The number of benzene rings is 1. The monoisotopic (exact) mass is 412 g/mol. The molecule has 0 spiro atoms. The number of anilines is 1. The molecule has 0 amide bonds. The predicted molar refractivity (Wildman–Crippen MR) is 113 cm³/mol. The first kappa shape index (κ1) is 18.6. The lowest BCUT2D eigenvalue weighted by atomic mass is 10.0. The van der Waals surface area contributed by atoms with E-state index in [0.29, 0.717) is 10.5 Å². The second-order valence-corrected chi connectivity index (χ2v) is 8.47. The van der Waals surface area contributed by atoms with Crippen molar-refractivity contribution in [1.82, 2.24) is 4.98 Å². The average molecular weight is 413 g/mol. The van der Waals surface area contributed by atoms with Gasteiger partial charge in [0.25, 0.3) is 0 Å². The van der Waals surface area contributed by atoms with E-state index in [9.17, 15) is 9.18 Å². The number of aromatic nitrogens is 1. The van der Waals surface area contributed by atoms with Crippen LogP contribution in [0.15, 0.2) is 47.8 Å². The van der Waals surface area contributed by atoms with Crippen LogP contribution in [0.3, 0.4) is 0 Å². The van der Waals surface area contributed by atoms with E-state index in [4.69, 9.17) is 10.5 Å². The number of carbonyl (C=O) groups is 1. The Kier molecular flexibility index (Phi) is 4.87. The van der Waals surface area contributed by atoms with Crippen molar-refractivity contribution in [3.05, 3.63) is 59.4 Å². The van der Waals surface area contributed by atoms with E-state index in [1.165, 1.54) is 23.5 Å². The Bertz CT molecular complexity index is 1150. The summed E-state index contributed by atoms with van der Waals surface area (Å²) in [5, 5.41) is 2.76. The van der Waals surface area contributed by atoms with E-state index >= 15 is 0 Å². The highest BCUT2D eigenvalue weighted by molar-refractivity contribution is 7.26. The lowest BCUT2D eigenvalue weighted by Crippen LogP contribution is -2.13. The van der Waals surface area contributed by atoms with E-state index in [1.54, 1.807) is 43.4 Å². The summed E-state index contributed by atoms with van der Waals surface area (Å²) in [5.41, 5.74) is 8.72. The molecule has 0 radical (unpaired) electrons. The second kappa shape index (κ2) is 7.33. The van der Waals surface area contributed by atoms with Crippen molar-refractivity contribution >= 4 is 44.5 Å². The first-order chi connectivity index (χ1) is 13.4. The molecule has 4 nitrogen and oxygen atoms in total. The molecule has 2 N–H and O–H groups in total. The zero-order valence-electron chi connectivity index (χ0n) is 15.2. The van der Waals surface area contributed by atoms with Crippen molar-refractivity contribution in [2.45, 2.75) is 20.0 Å². The molecule has 1 aromatic carbocycles. The van der Waals surface area contributed by atoms with E-state index in [1.807, 2.05) is 17.5 Å². The van der Waals surface area contributed by atoms with Crippen molar-refractivity contribution in [3.63, 3.8) is 0 Å². The molecule has 28 heavy (non-hydrogen) atoms. The normalized spacial score (nSPS) is 11.3. The highest BCUT2D eigenvalue weighted by Crippen LogP contribution is 2.47. The standard InChI is InChI=1S/C21H17FN2O2S2/c1-11(2)26-21(25)15-10-14(23)18-17(12-5-7-13(22)8-6-12)19(28-20(18)24-15)16-4-3-9-27-16/h3-11H,1-2H3,(H2,23,24). The molecule has 3 aromatic heterocycles. The van der Waals surface area contributed by atoms with Crippen molar-refractivity contribution in [1.29, 1.82) is 0 Å². The largest absolute Gasteiger partial charge is 0.458 e. The zero-order chi connectivity index (χ0) is 19.8. The maximum Gasteiger partial charge on any atom is 0.357 e. The first-order valence-electron chi connectivity index (χ1n) is 8.68. The number of nitrogen functional groups attached to an aromatic ring is 1. The predicted octanol–water partition coefficient (Wildman–Crippen LogP) is 5.98. The number of hydrogen-bond donors (Lipinski definition) is 1. The number of carbonyl (C=O) groups excluding carboxylic acids is 1. The Hall–Kier alpha value is -2.77. The van der Waals surface area contributed by atoms with Crippen molar-refractivity contribution in [2.24, 2.45) is 0 Å². The Morgan fingerprint density at radius 2 is 1.96 bits per heavy atom. The molecule has 4 rings (SSSR count). The summed E-state index contributed by atoms with van der Waals surface area (Å²) in [6.07, 6.45) is -0.244. The van der Waals surface area contributed by atoms with Crippen LogP contribution in [0.2, 0.25) is 0 Å². The smallest absolute Gasteiger partial charge is 0.357 e. The number of esters is 1. The number of nitrogens with zero attached hydrogens (tertiary/aromatic N) is 1. The van der Waals surface area contributed by atoms with Crippen LogP contribution in [0.1, 0.15) is 24.3 Å². The van der Waals surface area contributed by atoms with Gasteiger partial charge in [0, 0.05) is 21.5 Å². The van der Waals surface area contributed by atoms with Gasteiger partial charge in [0.05, 0.1) is 11.0 Å². The molecule has 0 aliphatic heterocycles. The molecular weight excluding hydrogens is 395 g/mol. The summed E-state index contributed by atoms with van der Waals surface area (Å²) in [6.45, 7) is 3.57. The summed E-state index contributed by atoms with van der Waals surface area (Å²) in [6, 6.07) is 11.9. The Morgan fingerprint density at radius 1 is 1.21 bits per heavy atom. The minimum Gasteiger partial charge on any atom is -0.458 e. The van der Waals surface area contributed by atoms with Crippen LogP contribution in [0.4, 0.5) is 10.1 Å². The number of halogens is 1. The van der Waals surface area contributed by atoms with E-state index in [2.05, 4.69) is 4.98 Å². The summed E-state index contributed by atoms with van der Waals surface area (Å²) >= 11 is 3.07. The quantitative estimate of drug-likeness (QED) is 0.419. The van der Waals surface area contributed by atoms with Gasteiger partial charge in [-0.15, -0.1) is 22.7 Å². The molecule has 0 fully saturated rings. The maximum absolute atomic E-state index is 13.5. The third kappa shape index (κ3) is 3.39. The molecule has 3 heterocycles. The third-order valence-corrected chi connectivity index (χ3v) is 6.26. The number of rotatable bonds is 4. The van der Waals surface area contributed by atoms with Gasteiger partial charge < -0.3 is 10.5 Å². The van der Waals surface area contributed by atoms with E-state index < -0.39 is 5.97 Å². The van der Waals surface area contributed by atoms with E-state index in [0.717, 1.165) is 26.3 Å². The summed E-state index contributed by atoms with van der Waals surface area (Å²) in [7, 11) is 0. The van der Waals surface area contributed by atoms with E-state index in [-0.39, 0.29) is 17.6 Å². The number of thiophene rings is 2. The molecular formula is C21H17FN2O2S2. The van der Waals surface area contributed by atoms with Gasteiger partial charge in [-0.1, -0.05) is 18.2 Å². The van der Waals surface area contributed by atoms with Gasteiger partial charge in [0.15, 0.2) is 5.69 Å². The van der Waals surface area contributed by atoms with Crippen LogP contribution in [0.5, 0.6) is 0 Å². The second-order valence-electron chi connectivity index (χ2n) is 6.52. The summed E-state index contributed by atoms with van der Waals surface area (Å²) in [5.74, 6) is -0.802. The molecule has 0 aliphatic carbocycles. The minimum absolute atomic E-state index is 0.184. The number of hydrogen-bond acceptors (Lipinski definition) is 6. The molecule has 0 atom stereocenters. The van der Waals surface area contributed by atoms with Crippen LogP contribution in [-0.2, 0) is 4.74 Å². The van der Waals surface area contributed by atoms with Crippen LogP contribution in [0, 0.1) is 5.82 Å². The summed E-state index contributed by atoms with van der Waals surface area (Å²) in [4.78, 5) is 19.5. The van der Waals surface area contributed by atoms with Gasteiger partial charge in [-0.3, -0.25) is 0 Å².